The third-order valence-corrected chi connectivity index (χ3v) is 2.83. The molecule has 0 aliphatic heterocycles. The van der Waals surface area contributed by atoms with Gasteiger partial charge in [0.15, 0.2) is 5.82 Å². The van der Waals surface area contributed by atoms with Gasteiger partial charge in [-0.15, -0.1) is 11.3 Å². The molecule has 2 aromatic heterocycles. The summed E-state index contributed by atoms with van der Waals surface area (Å²) in [7, 11) is 3.59. The molecule has 0 aromatic carbocycles. The lowest BCUT2D eigenvalue weighted by Crippen LogP contribution is -1.99. The van der Waals surface area contributed by atoms with Crippen LogP contribution in [-0.2, 0) is 6.54 Å². The van der Waals surface area contributed by atoms with Crippen molar-refractivity contribution >= 4 is 11.3 Å². The largest absolute Gasteiger partial charge is 0.311 e. The number of hydrogen-bond acceptors (Lipinski definition) is 4. The molecule has 14 heavy (non-hydrogen) atoms. The van der Waals surface area contributed by atoms with Crippen molar-refractivity contribution in [3.8, 4) is 10.7 Å². The fraction of sp³-hybridized carbons (Fsp3) is 0.100. The Balaban J connectivity index is 2.25. The van der Waals surface area contributed by atoms with Crippen molar-refractivity contribution in [1.29, 1.82) is 0 Å². The first-order valence-corrected chi connectivity index (χ1v) is 5.08. The highest BCUT2D eigenvalue weighted by atomic mass is 32.1. The van der Waals surface area contributed by atoms with Gasteiger partial charge in [-0.3, -0.25) is 0 Å². The highest BCUT2D eigenvalue weighted by molar-refractivity contribution is 7.15. The number of hydrogen-bond donors (Lipinski definition) is 1. The Kier molecular flexibility index (Phi) is 2.86. The molecule has 0 spiro atoms. The highest BCUT2D eigenvalue weighted by Crippen LogP contribution is 2.24. The second-order valence-electron chi connectivity index (χ2n) is 2.77. The Morgan fingerprint density at radius 2 is 2.07 bits per heavy atom. The van der Waals surface area contributed by atoms with Crippen LogP contribution in [0.3, 0.4) is 0 Å². The molecule has 0 fully saturated rings. The minimum Gasteiger partial charge on any atom is -0.311 e. The fourth-order valence-electron chi connectivity index (χ4n) is 1.14. The van der Waals surface area contributed by atoms with Gasteiger partial charge in [-0.2, -0.15) is 0 Å². The number of nitrogens with one attached hydrogen (secondary N) is 1. The Morgan fingerprint density at radius 1 is 1.29 bits per heavy atom. The maximum absolute atomic E-state index is 4.19. The molecule has 0 saturated heterocycles. The van der Waals surface area contributed by atoms with E-state index in [0.717, 1.165) is 17.2 Å². The Bertz CT molecular complexity index is 397. The topological polar surface area (TPSA) is 37.8 Å². The quantitative estimate of drug-likeness (QED) is 0.831. The molecule has 0 bridgehead atoms. The molecule has 0 atom stereocenters. The minimum atomic E-state index is 0.785. The number of aromatic nitrogens is 2. The van der Waals surface area contributed by atoms with Crippen molar-refractivity contribution in [2.75, 3.05) is 0 Å². The molecular formula is C10H10N3S. The summed E-state index contributed by atoms with van der Waals surface area (Å²) in [4.78, 5) is 10.7. The normalized spacial score (nSPS) is 10.4. The van der Waals surface area contributed by atoms with Crippen LogP contribution in [0.15, 0.2) is 30.6 Å². The van der Waals surface area contributed by atoms with E-state index in [2.05, 4.69) is 28.4 Å². The summed E-state index contributed by atoms with van der Waals surface area (Å²) >= 11 is 1.68. The number of thiophene rings is 1. The van der Waals surface area contributed by atoms with Crippen LogP contribution in [0.25, 0.3) is 10.7 Å². The van der Waals surface area contributed by atoms with Gasteiger partial charge in [0.25, 0.3) is 0 Å². The van der Waals surface area contributed by atoms with Crippen molar-refractivity contribution < 1.29 is 0 Å². The predicted octanol–water partition coefficient (Wildman–Crippen LogP) is 2.09. The zero-order valence-electron chi connectivity index (χ0n) is 7.60. The van der Waals surface area contributed by atoms with E-state index in [1.165, 1.54) is 4.88 Å². The molecule has 0 aliphatic carbocycles. The van der Waals surface area contributed by atoms with Crippen LogP contribution in [0, 0.1) is 7.05 Å². The summed E-state index contributed by atoms with van der Waals surface area (Å²) in [6.07, 6.45) is 3.50. The number of nitrogens with zero attached hydrogens (tertiary/aromatic N) is 2. The molecule has 3 nitrogen and oxygen atoms in total. The zero-order valence-corrected chi connectivity index (χ0v) is 8.42. The van der Waals surface area contributed by atoms with Gasteiger partial charge >= 0.3 is 0 Å². The molecule has 1 radical (unpaired) electrons. The summed E-state index contributed by atoms with van der Waals surface area (Å²) < 4.78 is 0. The molecule has 2 rings (SSSR count). The van der Waals surface area contributed by atoms with Crippen LogP contribution < -0.4 is 5.32 Å². The smallest absolute Gasteiger partial charge is 0.169 e. The lowest BCUT2D eigenvalue weighted by Gasteiger charge is -1.93. The van der Waals surface area contributed by atoms with Crippen molar-refractivity contribution in [2.45, 2.75) is 6.54 Å². The summed E-state index contributed by atoms with van der Waals surface area (Å²) in [5, 5.41) is 2.87. The molecule has 2 heterocycles. The summed E-state index contributed by atoms with van der Waals surface area (Å²) in [5.74, 6) is 0.785. The Labute approximate surface area is 86.8 Å². The van der Waals surface area contributed by atoms with Crippen LogP contribution in [0.5, 0.6) is 0 Å². The third-order valence-electron chi connectivity index (χ3n) is 1.75. The summed E-state index contributed by atoms with van der Waals surface area (Å²) in [6.45, 7) is 0.789. The molecule has 1 N–H and O–H groups in total. The van der Waals surface area contributed by atoms with Gasteiger partial charge in [-0.1, -0.05) is 0 Å². The second kappa shape index (κ2) is 4.30. The van der Waals surface area contributed by atoms with Crippen LogP contribution in [0.1, 0.15) is 4.88 Å². The van der Waals surface area contributed by atoms with E-state index in [4.69, 9.17) is 0 Å². The van der Waals surface area contributed by atoms with E-state index in [-0.39, 0.29) is 0 Å². The molecule has 4 heteroatoms. The van der Waals surface area contributed by atoms with Crippen molar-refractivity contribution in [3.63, 3.8) is 0 Å². The lowest BCUT2D eigenvalue weighted by atomic mass is 10.4. The standard InChI is InChI=1S/C10H10N3S/c1-11-7-8-3-4-9(14-8)10-12-5-2-6-13-10/h2-6,11H,1,7H2. The van der Waals surface area contributed by atoms with E-state index < -0.39 is 0 Å². The van der Waals surface area contributed by atoms with Crippen LogP contribution in [0.4, 0.5) is 0 Å². The van der Waals surface area contributed by atoms with E-state index in [1.807, 2.05) is 12.1 Å². The Hall–Kier alpha value is -1.26. The van der Waals surface area contributed by atoms with Crippen LogP contribution in [-0.4, -0.2) is 9.97 Å². The molecule has 71 valence electrons. The predicted molar refractivity (Wildman–Crippen MR) is 57.5 cm³/mol. The van der Waals surface area contributed by atoms with Gasteiger partial charge in [0.2, 0.25) is 0 Å². The van der Waals surface area contributed by atoms with E-state index in [0.29, 0.717) is 0 Å². The van der Waals surface area contributed by atoms with E-state index >= 15 is 0 Å². The van der Waals surface area contributed by atoms with Gasteiger partial charge < -0.3 is 5.32 Å². The van der Waals surface area contributed by atoms with E-state index in [9.17, 15) is 0 Å². The first-order valence-electron chi connectivity index (χ1n) is 4.26. The van der Waals surface area contributed by atoms with Crippen LogP contribution in [0.2, 0.25) is 0 Å². The lowest BCUT2D eigenvalue weighted by molar-refractivity contribution is 0.883. The van der Waals surface area contributed by atoms with E-state index in [1.54, 1.807) is 23.7 Å². The highest BCUT2D eigenvalue weighted by Gasteiger charge is 2.03. The monoisotopic (exact) mass is 204 g/mol. The summed E-state index contributed by atoms with van der Waals surface area (Å²) in [5.41, 5.74) is 0. The maximum atomic E-state index is 4.19. The first kappa shape index (κ1) is 9.30. The van der Waals surface area contributed by atoms with Gasteiger partial charge in [0.1, 0.15) is 0 Å². The molecule has 0 unspecified atom stereocenters. The minimum absolute atomic E-state index is 0.785. The molecule has 0 saturated carbocycles. The van der Waals surface area contributed by atoms with Gasteiger partial charge in [0, 0.05) is 30.9 Å². The first-order chi connectivity index (χ1) is 6.90. The van der Waals surface area contributed by atoms with Gasteiger partial charge in [-0.25, -0.2) is 9.97 Å². The second-order valence-corrected chi connectivity index (χ2v) is 3.93. The molecular weight excluding hydrogens is 194 g/mol. The van der Waals surface area contributed by atoms with Crippen LogP contribution >= 0.6 is 11.3 Å². The molecule has 2 aromatic rings. The SMILES string of the molecule is [CH2]NCc1ccc(-c2ncccn2)s1. The number of rotatable bonds is 3. The maximum Gasteiger partial charge on any atom is 0.169 e. The fourth-order valence-corrected chi connectivity index (χ4v) is 2.07. The van der Waals surface area contributed by atoms with Crippen molar-refractivity contribution in [2.24, 2.45) is 0 Å². The van der Waals surface area contributed by atoms with Crippen molar-refractivity contribution in [3.05, 3.63) is 42.5 Å². The average molecular weight is 204 g/mol. The van der Waals surface area contributed by atoms with Crippen molar-refractivity contribution in [1.82, 2.24) is 15.3 Å². The summed E-state index contributed by atoms with van der Waals surface area (Å²) in [6, 6.07) is 5.91. The zero-order chi connectivity index (χ0) is 9.80. The average Bonchev–Trinajstić information content (AvgIpc) is 2.68. The van der Waals surface area contributed by atoms with Gasteiger partial charge in [-0.05, 0) is 18.2 Å². The molecule has 0 amide bonds. The van der Waals surface area contributed by atoms with Gasteiger partial charge in [0.05, 0.1) is 4.88 Å². The Morgan fingerprint density at radius 3 is 2.79 bits per heavy atom. The third kappa shape index (κ3) is 1.97. The molecule has 0 aliphatic rings.